The summed E-state index contributed by atoms with van der Waals surface area (Å²) in [5, 5.41) is 3.74. The van der Waals surface area contributed by atoms with Crippen LogP contribution in [0.1, 0.15) is 47.5 Å². The molecule has 0 aliphatic carbocycles. The van der Waals surface area contributed by atoms with Crippen LogP contribution < -0.4 is 5.32 Å². The van der Waals surface area contributed by atoms with Gasteiger partial charge < -0.3 is 5.32 Å². The van der Waals surface area contributed by atoms with Crippen LogP contribution >= 0.6 is 0 Å². The van der Waals surface area contributed by atoms with Crippen molar-refractivity contribution in [2.24, 2.45) is 5.92 Å². The average molecular weight is 238 g/mol. The summed E-state index contributed by atoms with van der Waals surface area (Å²) in [5.41, 5.74) is 0.279. The molecule has 0 aromatic heterocycles. The van der Waals surface area contributed by atoms with Crippen LogP contribution in [0.15, 0.2) is 12.7 Å². The first kappa shape index (κ1) is 14.7. The highest BCUT2D eigenvalue weighted by Crippen LogP contribution is 2.25. The van der Waals surface area contributed by atoms with Crippen LogP contribution in [-0.4, -0.2) is 35.6 Å². The molecule has 0 radical (unpaired) electrons. The highest BCUT2D eigenvalue weighted by atomic mass is 15.3. The van der Waals surface area contributed by atoms with E-state index in [-0.39, 0.29) is 5.54 Å². The van der Waals surface area contributed by atoms with E-state index in [1.54, 1.807) is 0 Å². The SMILES string of the molecule is C=CCC(C)N1CC(C)(CC)NCC1C(C)C. The quantitative estimate of drug-likeness (QED) is 0.741. The van der Waals surface area contributed by atoms with E-state index in [1.165, 1.54) is 6.42 Å². The maximum absolute atomic E-state index is 3.88. The second-order valence-corrected chi connectivity index (χ2v) is 6.15. The number of hydrogen-bond donors (Lipinski definition) is 1. The van der Waals surface area contributed by atoms with Crippen molar-refractivity contribution >= 4 is 0 Å². The molecule has 1 heterocycles. The van der Waals surface area contributed by atoms with Gasteiger partial charge in [0.05, 0.1) is 0 Å². The first-order valence-corrected chi connectivity index (χ1v) is 7.05. The summed E-state index contributed by atoms with van der Waals surface area (Å²) in [5.74, 6) is 0.705. The third-order valence-corrected chi connectivity index (χ3v) is 4.32. The van der Waals surface area contributed by atoms with Gasteiger partial charge in [0.25, 0.3) is 0 Å². The average Bonchev–Trinajstić information content (AvgIpc) is 2.29. The summed E-state index contributed by atoms with van der Waals surface area (Å²) in [7, 11) is 0. The maximum Gasteiger partial charge on any atom is 0.0278 e. The van der Waals surface area contributed by atoms with Crippen molar-refractivity contribution in [3.63, 3.8) is 0 Å². The van der Waals surface area contributed by atoms with Gasteiger partial charge in [-0.05, 0) is 32.6 Å². The highest BCUT2D eigenvalue weighted by molar-refractivity contribution is 4.97. The molecule has 2 heteroatoms. The van der Waals surface area contributed by atoms with Gasteiger partial charge in [-0.25, -0.2) is 0 Å². The smallest absolute Gasteiger partial charge is 0.0278 e. The highest BCUT2D eigenvalue weighted by Gasteiger charge is 2.37. The number of hydrogen-bond acceptors (Lipinski definition) is 2. The Hall–Kier alpha value is -0.340. The lowest BCUT2D eigenvalue weighted by Crippen LogP contribution is -2.65. The summed E-state index contributed by atoms with van der Waals surface area (Å²) >= 11 is 0. The second-order valence-electron chi connectivity index (χ2n) is 6.15. The first-order valence-electron chi connectivity index (χ1n) is 7.05. The minimum absolute atomic E-state index is 0.279. The van der Waals surface area contributed by atoms with Crippen molar-refractivity contribution < 1.29 is 0 Å². The molecule has 0 spiro atoms. The van der Waals surface area contributed by atoms with Crippen LogP contribution in [-0.2, 0) is 0 Å². The van der Waals surface area contributed by atoms with Gasteiger partial charge in [0.1, 0.15) is 0 Å². The Kier molecular flexibility index (Phi) is 5.21. The maximum atomic E-state index is 3.88. The van der Waals surface area contributed by atoms with Gasteiger partial charge in [-0.2, -0.15) is 0 Å². The van der Waals surface area contributed by atoms with E-state index >= 15 is 0 Å². The van der Waals surface area contributed by atoms with Crippen LogP contribution in [0.5, 0.6) is 0 Å². The zero-order valence-electron chi connectivity index (χ0n) is 12.3. The zero-order chi connectivity index (χ0) is 13.1. The summed E-state index contributed by atoms with van der Waals surface area (Å²) in [4.78, 5) is 2.69. The third kappa shape index (κ3) is 3.56. The number of rotatable bonds is 5. The van der Waals surface area contributed by atoms with Crippen LogP contribution in [0.25, 0.3) is 0 Å². The fourth-order valence-corrected chi connectivity index (χ4v) is 2.76. The molecule has 1 aliphatic heterocycles. The van der Waals surface area contributed by atoms with E-state index in [9.17, 15) is 0 Å². The van der Waals surface area contributed by atoms with Crippen LogP contribution in [0.2, 0.25) is 0 Å². The predicted octanol–water partition coefficient (Wildman–Crippen LogP) is 3.05. The normalized spacial score (nSPS) is 32.7. The molecule has 1 N–H and O–H groups in total. The first-order chi connectivity index (χ1) is 7.93. The third-order valence-electron chi connectivity index (χ3n) is 4.32. The monoisotopic (exact) mass is 238 g/mol. The Morgan fingerprint density at radius 1 is 1.47 bits per heavy atom. The van der Waals surface area contributed by atoms with Gasteiger partial charge >= 0.3 is 0 Å². The minimum Gasteiger partial charge on any atom is -0.309 e. The molecule has 0 bridgehead atoms. The zero-order valence-corrected chi connectivity index (χ0v) is 12.3. The van der Waals surface area contributed by atoms with E-state index in [0.29, 0.717) is 18.0 Å². The Morgan fingerprint density at radius 3 is 2.59 bits per heavy atom. The molecule has 3 unspecified atom stereocenters. The Bertz CT molecular complexity index is 249. The van der Waals surface area contributed by atoms with E-state index in [4.69, 9.17) is 0 Å². The lowest BCUT2D eigenvalue weighted by molar-refractivity contribution is 0.0311. The summed E-state index contributed by atoms with van der Waals surface area (Å²) in [6, 6.07) is 1.26. The van der Waals surface area contributed by atoms with Gasteiger partial charge in [0.2, 0.25) is 0 Å². The molecule has 0 amide bonds. The van der Waals surface area contributed by atoms with Gasteiger partial charge in [0.15, 0.2) is 0 Å². The van der Waals surface area contributed by atoms with E-state index in [2.05, 4.69) is 51.4 Å². The second kappa shape index (κ2) is 6.01. The van der Waals surface area contributed by atoms with Gasteiger partial charge in [-0.3, -0.25) is 4.90 Å². The molecular weight excluding hydrogens is 208 g/mol. The lowest BCUT2D eigenvalue weighted by Gasteiger charge is -2.50. The van der Waals surface area contributed by atoms with Crippen LogP contribution in [0.3, 0.4) is 0 Å². The standard InChI is InChI=1S/C15H30N2/c1-7-9-13(5)17-11-15(6,8-2)16-10-14(17)12(3)4/h7,12-14,16H,1,8-11H2,2-6H3. The van der Waals surface area contributed by atoms with E-state index in [0.717, 1.165) is 19.5 Å². The molecule has 3 atom stereocenters. The number of nitrogens with zero attached hydrogens (tertiary/aromatic N) is 1. The summed E-state index contributed by atoms with van der Waals surface area (Å²) in [6.45, 7) is 17.8. The van der Waals surface area contributed by atoms with Gasteiger partial charge in [-0.15, -0.1) is 6.58 Å². The molecule has 2 nitrogen and oxygen atoms in total. The van der Waals surface area contributed by atoms with Crippen LogP contribution in [0, 0.1) is 5.92 Å². The van der Waals surface area contributed by atoms with Crippen molar-refractivity contribution in [1.82, 2.24) is 10.2 Å². The molecule has 1 saturated heterocycles. The van der Waals surface area contributed by atoms with Crippen molar-refractivity contribution in [3.05, 3.63) is 12.7 Å². The number of nitrogens with one attached hydrogen (secondary N) is 1. The Morgan fingerprint density at radius 2 is 2.12 bits per heavy atom. The van der Waals surface area contributed by atoms with Crippen LogP contribution in [0.4, 0.5) is 0 Å². The molecule has 0 aromatic carbocycles. The Labute approximate surface area is 107 Å². The molecule has 0 saturated carbocycles. The predicted molar refractivity (Wildman–Crippen MR) is 76.3 cm³/mol. The topological polar surface area (TPSA) is 15.3 Å². The molecule has 17 heavy (non-hydrogen) atoms. The van der Waals surface area contributed by atoms with Crippen molar-refractivity contribution in [2.75, 3.05) is 13.1 Å². The summed E-state index contributed by atoms with van der Waals surface area (Å²) in [6.07, 6.45) is 4.32. The van der Waals surface area contributed by atoms with Gasteiger partial charge in [-0.1, -0.05) is 26.8 Å². The lowest BCUT2D eigenvalue weighted by atomic mass is 9.88. The minimum atomic E-state index is 0.279. The Balaban J connectivity index is 2.79. The number of piperazine rings is 1. The van der Waals surface area contributed by atoms with Crippen molar-refractivity contribution in [3.8, 4) is 0 Å². The fourth-order valence-electron chi connectivity index (χ4n) is 2.76. The molecule has 1 fully saturated rings. The van der Waals surface area contributed by atoms with E-state index < -0.39 is 0 Å². The van der Waals surface area contributed by atoms with Crippen molar-refractivity contribution in [2.45, 2.75) is 65.1 Å². The molecule has 1 rings (SSSR count). The molecular formula is C15H30N2. The van der Waals surface area contributed by atoms with Gasteiger partial charge in [0, 0.05) is 30.7 Å². The summed E-state index contributed by atoms with van der Waals surface area (Å²) < 4.78 is 0. The van der Waals surface area contributed by atoms with E-state index in [1.807, 2.05) is 6.08 Å². The fraction of sp³-hybridized carbons (Fsp3) is 0.867. The largest absolute Gasteiger partial charge is 0.309 e. The molecule has 1 aliphatic rings. The molecule has 0 aromatic rings. The van der Waals surface area contributed by atoms with Crippen molar-refractivity contribution in [1.29, 1.82) is 0 Å². The molecule has 100 valence electrons.